The van der Waals surface area contributed by atoms with Crippen molar-refractivity contribution in [1.82, 2.24) is 0 Å². The van der Waals surface area contributed by atoms with E-state index in [9.17, 15) is 0 Å². The molecule has 1 unspecified atom stereocenters. The normalized spacial score (nSPS) is 15.2. The summed E-state index contributed by atoms with van der Waals surface area (Å²) >= 11 is 0. The molecule has 0 N–H and O–H groups in total. The summed E-state index contributed by atoms with van der Waals surface area (Å²) in [6.07, 6.45) is 4.11. The van der Waals surface area contributed by atoms with E-state index in [0.29, 0.717) is 5.41 Å². The van der Waals surface area contributed by atoms with Crippen LogP contribution in [0.5, 0.6) is 0 Å². The molecular weight excluding hydrogens is 192 g/mol. The summed E-state index contributed by atoms with van der Waals surface area (Å²) in [6, 6.07) is 0. The molecule has 0 aromatic heterocycles. The van der Waals surface area contributed by atoms with Crippen molar-refractivity contribution < 1.29 is 0 Å². The van der Waals surface area contributed by atoms with Crippen LogP contribution in [0.3, 0.4) is 0 Å². The van der Waals surface area contributed by atoms with E-state index < -0.39 is 0 Å². The minimum absolute atomic E-state index is 0.500. The van der Waals surface area contributed by atoms with E-state index in [1.54, 1.807) is 0 Å². The average Bonchev–Trinajstić information content (AvgIpc) is 2.14. The Hall–Kier alpha value is 0. The van der Waals surface area contributed by atoms with Gasteiger partial charge in [0.15, 0.2) is 0 Å². The Morgan fingerprint density at radius 3 is 1.56 bits per heavy atom. The predicted octanol–water partition coefficient (Wildman–Crippen LogP) is 5.77. The third-order valence-corrected chi connectivity index (χ3v) is 4.76. The van der Waals surface area contributed by atoms with E-state index in [1.165, 1.54) is 19.3 Å². The molecule has 0 saturated heterocycles. The highest BCUT2D eigenvalue weighted by molar-refractivity contribution is 4.88. The van der Waals surface area contributed by atoms with Gasteiger partial charge in [0.2, 0.25) is 0 Å². The molecule has 0 spiro atoms. The molecule has 0 aliphatic heterocycles. The van der Waals surface area contributed by atoms with Gasteiger partial charge in [0.1, 0.15) is 0 Å². The van der Waals surface area contributed by atoms with Crippen LogP contribution in [0.2, 0.25) is 0 Å². The van der Waals surface area contributed by atoms with Crippen LogP contribution in [-0.2, 0) is 0 Å². The van der Waals surface area contributed by atoms with Gasteiger partial charge in [-0.05, 0) is 35.5 Å². The van der Waals surface area contributed by atoms with Crippen LogP contribution in [0.15, 0.2) is 0 Å². The second-order valence-electron chi connectivity index (χ2n) is 6.79. The van der Waals surface area contributed by atoms with Gasteiger partial charge < -0.3 is 0 Å². The highest BCUT2D eigenvalue weighted by Gasteiger charge is 2.39. The lowest BCUT2D eigenvalue weighted by molar-refractivity contribution is 0.0340. The van der Waals surface area contributed by atoms with Gasteiger partial charge in [0.25, 0.3) is 0 Å². The Bertz CT molecular complexity index is 168. The van der Waals surface area contributed by atoms with Gasteiger partial charge in [0.05, 0.1) is 0 Å². The summed E-state index contributed by atoms with van der Waals surface area (Å²) in [5.74, 6) is 3.27. The molecule has 0 aromatic rings. The molecule has 0 aliphatic rings. The molecule has 0 aliphatic carbocycles. The van der Waals surface area contributed by atoms with Crippen molar-refractivity contribution in [3.05, 3.63) is 0 Å². The lowest BCUT2D eigenvalue weighted by atomic mass is 9.59. The first-order valence-corrected chi connectivity index (χ1v) is 7.26. The number of rotatable bonds is 7. The topological polar surface area (TPSA) is 0 Å². The zero-order valence-electron chi connectivity index (χ0n) is 12.9. The minimum atomic E-state index is 0.500. The van der Waals surface area contributed by atoms with Gasteiger partial charge in [-0.2, -0.15) is 0 Å². The first kappa shape index (κ1) is 16.0. The van der Waals surface area contributed by atoms with Gasteiger partial charge in [-0.3, -0.25) is 0 Å². The summed E-state index contributed by atoms with van der Waals surface area (Å²) in [5.41, 5.74) is 0.500. The van der Waals surface area contributed by atoms with E-state index in [-0.39, 0.29) is 0 Å². The summed E-state index contributed by atoms with van der Waals surface area (Å²) in [4.78, 5) is 0. The molecule has 0 rings (SSSR count). The van der Waals surface area contributed by atoms with Gasteiger partial charge in [0, 0.05) is 0 Å². The van der Waals surface area contributed by atoms with Crippen LogP contribution in [0.25, 0.3) is 0 Å². The Morgan fingerprint density at radius 1 is 0.875 bits per heavy atom. The SMILES string of the molecule is CCCC(CC(C)C)C(C)(C(C)C)C(C)C. The van der Waals surface area contributed by atoms with E-state index in [1.807, 2.05) is 0 Å². The Kier molecular flexibility index (Phi) is 6.67. The standard InChI is InChI=1S/C16H34/c1-9-10-15(11-12(2)3)16(8,13(4)5)14(6)7/h12-15H,9-11H2,1-8H3. The number of hydrogen-bond donors (Lipinski definition) is 0. The summed E-state index contributed by atoms with van der Waals surface area (Å²) in [6.45, 7) is 19.2. The molecule has 0 radical (unpaired) electrons. The fourth-order valence-electron chi connectivity index (χ4n) is 3.21. The molecule has 0 heterocycles. The predicted molar refractivity (Wildman–Crippen MR) is 75.6 cm³/mol. The van der Waals surface area contributed by atoms with Crippen molar-refractivity contribution in [2.24, 2.45) is 29.1 Å². The maximum absolute atomic E-state index is 2.52. The third-order valence-electron chi connectivity index (χ3n) is 4.76. The second-order valence-corrected chi connectivity index (χ2v) is 6.79. The molecule has 98 valence electrons. The van der Waals surface area contributed by atoms with Gasteiger partial charge in [-0.1, -0.05) is 68.2 Å². The average molecular weight is 226 g/mol. The van der Waals surface area contributed by atoms with Gasteiger partial charge in [-0.15, -0.1) is 0 Å². The summed E-state index contributed by atoms with van der Waals surface area (Å²) in [7, 11) is 0. The quantitative estimate of drug-likeness (QED) is 0.517. The highest BCUT2D eigenvalue weighted by Crippen LogP contribution is 2.47. The zero-order chi connectivity index (χ0) is 12.9. The molecule has 0 saturated carbocycles. The van der Waals surface area contributed by atoms with Crippen molar-refractivity contribution in [2.45, 2.75) is 74.7 Å². The van der Waals surface area contributed by atoms with E-state index in [0.717, 1.165) is 23.7 Å². The monoisotopic (exact) mass is 226 g/mol. The lowest BCUT2D eigenvalue weighted by Crippen LogP contribution is -2.38. The Labute approximate surface area is 104 Å². The second kappa shape index (κ2) is 6.67. The van der Waals surface area contributed by atoms with Gasteiger partial charge in [-0.25, -0.2) is 0 Å². The van der Waals surface area contributed by atoms with E-state index in [2.05, 4.69) is 55.4 Å². The molecule has 0 fully saturated rings. The molecule has 1 atom stereocenters. The lowest BCUT2D eigenvalue weighted by Gasteiger charge is -2.46. The first-order valence-electron chi connectivity index (χ1n) is 7.26. The van der Waals surface area contributed by atoms with E-state index in [4.69, 9.17) is 0 Å². The molecule has 0 amide bonds. The van der Waals surface area contributed by atoms with Crippen molar-refractivity contribution in [3.8, 4) is 0 Å². The molecule has 16 heavy (non-hydrogen) atoms. The summed E-state index contributed by atoms with van der Waals surface area (Å²) < 4.78 is 0. The van der Waals surface area contributed by atoms with Crippen LogP contribution in [0, 0.1) is 29.1 Å². The highest BCUT2D eigenvalue weighted by atomic mass is 14.4. The maximum Gasteiger partial charge on any atom is -0.0251 e. The first-order chi connectivity index (χ1) is 7.26. The van der Waals surface area contributed by atoms with Crippen LogP contribution in [-0.4, -0.2) is 0 Å². The maximum atomic E-state index is 2.52. The fraction of sp³-hybridized carbons (Fsp3) is 1.00. The van der Waals surface area contributed by atoms with Crippen molar-refractivity contribution in [2.75, 3.05) is 0 Å². The third kappa shape index (κ3) is 3.79. The molecular formula is C16H34. The van der Waals surface area contributed by atoms with Crippen molar-refractivity contribution in [1.29, 1.82) is 0 Å². The molecule has 0 nitrogen and oxygen atoms in total. The molecule has 0 heteroatoms. The fourth-order valence-corrected chi connectivity index (χ4v) is 3.21. The van der Waals surface area contributed by atoms with E-state index >= 15 is 0 Å². The Morgan fingerprint density at radius 2 is 1.31 bits per heavy atom. The smallest absolute Gasteiger partial charge is 0.0251 e. The Balaban J connectivity index is 4.94. The minimum Gasteiger partial charge on any atom is -0.0654 e. The van der Waals surface area contributed by atoms with Crippen LogP contribution in [0.4, 0.5) is 0 Å². The van der Waals surface area contributed by atoms with Crippen molar-refractivity contribution >= 4 is 0 Å². The molecule has 0 aromatic carbocycles. The summed E-state index contributed by atoms with van der Waals surface area (Å²) in [5, 5.41) is 0. The zero-order valence-corrected chi connectivity index (χ0v) is 12.9. The number of hydrogen-bond acceptors (Lipinski definition) is 0. The van der Waals surface area contributed by atoms with Crippen molar-refractivity contribution in [3.63, 3.8) is 0 Å². The van der Waals surface area contributed by atoms with Crippen LogP contribution in [0.1, 0.15) is 74.7 Å². The van der Waals surface area contributed by atoms with Gasteiger partial charge >= 0.3 is 0 Å². The largest absolute Gasteiger partial charge is 0.0654 e. The van der Waals surface area contributed by atoms with Crippen LogP contribution < -0.4 is 0 Å². The van der Waals surface area contributed by atoms with Crippen LogP contribution >= 0.6 is 0 Å². The molecule has 0 bridgehead atoms.